The third-order valence-electron chi connectivity index (χ3n) is 5.34. The van der Waals surface area contributed by atoms with Crippen LogP contribution in [0, 0.1) is 5.82 Å². The molecule has 1 N–H and O–H groups in total. The molecular weight excluding hydrogens is 407 g/mol. The van der Waals surface area contributed by atoms with Crippen LogP contribution in [0.25, 0.3) is 0 Å². The van der Waals surface area contributed by atoms with Crippen LogP contribution in [0.5, 0.6) is 5.75 Å². The summed E-state index contributed by atoms with van der Waals surface area (Å²) in [5.74, 6) is -0.547. The second-order valence-corrected chi connectivity index (χ2v) is 7.93. The molecule has 0 heterocycles. The predicted molar refractivity (Wildman–Crippen MR) is 114 cm³/mol. The molecule has 1 fully saturated rings. The van der Waals surface area contributed by atoms with Crippen molar-refractivity contribution in [1.29, 1.82) is 0 Å². The van der Waals surface area contributed by atoms with Gasteiger partial charge in [0.2, 0.25) is 5.91 Å². The summed E-state index contributed by atoms with van der Waals surface area (Å²) in [6.07, 6.45) is 4.13. The first-order chi connectivity index (χ1) is 14.4. The number of nitrogens with one attached hydrogen (secondary N) is 1. The zero-order chi connectivity index (χ0) is 21.5. The van der Waals surface area contributed by atoms with E-state index in [9.17, 15) is 14.0 Å². The fourth-order valence-electron chi connectivity index (χ4n) is 3.54. The van der Waals surface area contributed by atoms with Gasteiger partial charge in [-0.3, -0.25) is 9.59 Å². The molecule has 7 heteroatoms. The van der Waals surface area contributed by atoms with Crippen LogP contribution in [0.1, 0.15) is 38.2 Å². The lowest BCUT2D eigenvalue weighted by molar-refractivity contribution is -0.142. The molecule has 0 radical (unpaired) electrons. The van der Waals surface area contributed by atoms with Gasteiger partial charge in [0.05, 0.1) is 0 Å². The number of ether oxygens (including phenoxy) is 1. The summed E-state index contributed by atoms with van der Waals surface area (Å²) in [4.78, 5) is 27.3. The molecule has 1 aliphatic carbocycles. The quantitative estimate of drug-likeness (QED) is 0.675. The Hall–Kier alpha value is -2.60. The summed E-state index contributed by atoms with van der Waals surface area (Å²) < 4.78 is 18.6. The zero-order valence-electron chi connectivity index (χ0n) is 16.9. The van der Waals surface area contributed by atoms with Gasteiger partial charge in [-0.05, 0) is 55.7 Å². The minimum Gasteiger partial charge on any atom is -0.484 e. The van der Waals surface area contributed by atoms with E-state index in [-0.39, 0.29) is 36.8 Å². The molecule has 3 rings (SSSR count). The molecule has 0 aromatic heterocycles. The lowest BCUT2D eigenvalue weighted by Gasteiger charge is -2.30. The van der Waals surface area contributed by atoms with E-state index >= 15 is 0 Å². The lowest BCUT2D eigenvalue weighted by Crippen LogP contribution is -2.50. The summed E-state index contributed by atoms with van der Waals surface area (Å²) in [5.41, 5.74) is 0.745. The molecule has 0 saturated heterocycles. The molecule has 0 unspecified atom stereocenters. The van der Waals surface area contributed by atoms with Crippen molar-refractivity contribution in [2.75, 3.05) is 6.61 Å². The van der Waals surface area contributed by atoms with Gasteiger partial charge >= 0.3 is 0 Å². The zero-order valence-corrected chi connectivity index (χ0v) is 17.7. The van der Waals surface area contributed by atoms with Gasteiger partial charge in [0.15, 0.2) is 6.61 Å². The molecule has 0 bridgehead atoms. The highest BCUT2D eigenvalue weighted by molar-refractivity contribution is 6.31. The van der Waals surface area contributed by atoms with E-state index in [0.29, 0.717) is 10.8 Å². The van der Waals surface area contributed by atoms with Crippen molar-refractivity contribution in [1.82, 2.24) is 10.2 Å². The van der Waals surface area contributed by atoms with E-state index in [1.54, 1.807) is 13.0 Å². The van der Waals surface area contributed by atoms with Crippen molar-refractivity contribution in [2.24, 2.45) is 0 Å². The number of amides is 2. The molecule has 2 amide bonds. The monoisotopic (exact) mass is 432 g/mol. The average Bonchev–Trinajstić information content (AvgIpc) is 3.25. The number of halogens is 2. The number of hydrogen-bond donors (Lipinski definition) is 1. The number of hydrogen-bond acceptors (Lipinski definition) is 3. The first-order valence-corrected chi connectivity index (χ1v) is 10.5. The van der Waals surface area contributed by atoms with E-state index < -0.39 is 6.04 Å². The second kappa shape index (κ2) is 10.4. The maximum absolute atomic E-state index is 13.1. The average molecular weight is 433 g/mol. The van der Waals surface area contributed by atoms with E-state index in [1.807, 2.05) is 18.2 Å². The van der Waals surface area contributed by atoms with Crippen molar-refractivity contribution in [2.45, 2.75) is 51.2 Å². The van der Waals surface area contributed by atoms with E-state index in [1.165, 1.54) is 29.2 Å². The van der Waals surface area contributed by atoms with E-state index in [4.69, 9.17) is 16.3 Å². The summed E-state index contributed by atoms with van der Waals surface area (Å²) in [6.45, 7) is 1.62. The van der Waals surface area contributed by atoms with Gasteiger partial charge in [-0.25, -0.2) is 4.39 Å². The van der Waals surface area contributed by atoms with Crippen molar-refractivity contribution < 1.29 is 18.7 Å². The summed E-state index contributed by atoms with van der Waals surface area (Å²) in [5, 5.41) is 3.57. The Morgan fingerprint density at radius 2 is 1.83 bits per heavy atom. The van der Waals surface area contributed by atoms with Crippen LogP contribution < -0.4 is 10.1 Å². The molecule has 30 heavy (non-hydrogen) atoms. The molecule has 1 saturated carbocycles. The van der Waals surface area contributed by atoms with Crippen LogP contribution >= 0.6 is 11.6 Å². The van der Waals surface area contributed by atoms with Crippen LogP contribution in [0.2, 0.25) is 5.02 Å². The Bertz CT molecular complexity index is 869. The fraction of sp³-hybridized carbons (Fsp3) is 0.391. The van der Waals surface area contributed by atoms with Crippen molar-refractivity contribution in [3.8, 4) is 5.75 Å². The van der Waals surface area contributed by atoms with Crippen molar-refractivity contribution >= 4 is 23.4 Å². The standard InChI is InChI=1S/C23H26ClFN2O3/c1-16(23(29)26-19-7-3-4-8-19)27(14-17-6-2-5-9-21(17)24)22(28)15-30-20-12-10-18(25)11-13-20/h2,5-6,9-13,16,19H,3-4,7-8,14-15H2,1H3,(H,26,29)/t16-/m0/s1. The SMILES string of the molecule is C[C@@H](C(=O)NC1CCCC1)N(Cc1ccccc1Cl)C(=O)COc1ccc(F)cc1. The van der Waals surface area contributed by atoms with Gasteiger partial charge in [-0.1, -0.05) is 42.6 Å². The van der Waals surface area contributed by atoms with Gasteiger partial charge in [0, 0.05) is 17.6 Å². The maximum atomic E-state index is 13.1. The first-order valence-electron chi connectivity index (χ1n) is 10.2. The largest absolute Gasteiger partial charge is 0.484 e. The van der Waals surface area contributed by atoms with Crippen LogP contribution in [0.15, 0.2) is 48.5 Å². The Kier molecular flexibility index (Phi) is 7.69. The predicted octanol–water partition coefficient (Wildman–Crippen LogP) is 4.33. The molecule has 0 aliphatic heterocycles. The van der Waals surface area contributed by atoms with Crippen LogP contribution in [-0.4, -0.2) is 35.4 Å². The number of carbonyl (C=O) groups excluding carboxylic acids is 2. The highest BCUT2D eigenvalue weighted by Gasteiger charge is 2.29. The molecule has 1 atom stereocenters. The number of rotatable bonds is 8. The van der Waals surface area contributed by atoms with Crippen molar-refractivity contribution in [3.05, 3.63) is 64.9 Å². The molecular formula is C23H26ClFN2O3. The Morgan fingerprint density at radius 1 is 1.17 bits per heavy atom. The number of carbonyl (C=O) groups is 2. The smallest absolute Gasteiger partial charge is 0.261 e. The Balaban J connectivity index is 1.71. The van der Waals surface area contributed by atoms with E-state index in [2.05, 4.69) is 5.32 Å². The fourth-order valence-corrected chi connectivity index (χ4v) is 3.74. The molecule has 2 aromatic rings. The second-order valence-electron chi connectivity index (χ2n) is 7.52. The van der Waals surface area contributed by atoms with Gasteiger partial charge in [0.25, 0.3) is 5.91 Å². The van der Waals surface area contributed by atoms with Crippen LogP contribution in [-0.2, 0) is 16.1 Å². The normalized spacial score (nSPS) is 14.9. The number of nitrogens with zero attached hydrogens (tertiary/aromatic N) is 1. The third kappa shape index (κ3) is 5.95. The molecule has 2 aromatic carbocycles. The minimum absolute atomic E-state index is 0.160. The summed E-state index contributed by atoms with van der Waals surface area (Å²) in [7, 11) is 0. The van der Waals surface area contributed by atoms with E-state index in [0.717, 1.165) is 31.2 Å². The molecule has 1 aliphatic rings. The van der Waals surface area contributed by atoms with Gasteiger partial charge in [-0.2, -0.15) is 0 Å². The highest BCUT2D eigenvalue weighted by atomic mass is 35.5. The Morgan fingerprint density at radius 3 is 2.50 bits per heavy atom. The highest BCUT2D eigenvalue weighted by Crippen LogP contribution is 2.21. The Labute approximate surface area is 181 Å². The third-order valence-corrected chi connectivity index (χ3v) is 5.71. The number of benzene rings is 2. The van der Waals surface area contributed by atoms with Crippen LogP contribution in [0.4, 0.5) is 4.39 Å². The molecule has 0 spiro atoms. The van der Waals surface area contributed by atoms with Crippen molar-refractivity contribution in [3.63, 3.8) is 0 Å². The maximum Gasteiger partial charge on any atom is 0.261 e. The molecule has 160 valence electrons. The van der Waals surface area contributed by atoms with Gasteiger partial charge in [-0.15, -0.1) is 0 Å². The van der Waals surface area contributed by atoms with Gasteiger partial charge in [0.1, 0.15) is 17.6 Å². The topological polar surface area (TPSA) is 58.6 Å². The van der Waals surface area contributed by atoms with Crippen LogP contribution in [0.3, 0.4) is 0 Å². The van der Waals surface area contributed by atoms with Gasteiger partial charge < -0.3 is 15.0 Å². The summed E-state index contributed by atoms with van der Waals surface area (Å²) in [6, 6.07) is 12.1. The molecule has 5 nitrogen and oxygen atoms in total. The minimum atomic E-state index is -0.689. The summed E-state index contributed by atoms with van der Waals surface area (Å²) >= 11 is 6.28. The lowest BCUT2D eigenvalue weighted by atomic mass is 10.1. The first kappa shape index (κ1) is 22.1.